The van der Waals surface area contributed by atoms with Gasteiger partial charge in [-0.1, -0.05) is 77.7 Å². The lowest BCUT2D eigenvalue weighted by molar-refractivity contribution is -0.115. The normalized spacial score (nSPS) is 11.4. The number of Topliss-reactive ketones (excluding diaryl/α,β-unsaturated/α-hetero) is 1. The van der Waals surface area contributed by atoms with Gasteiger partial charge in [0.25, 0.3) is 0 Å². The number of rotatable bonds is 0. The van der Waals surface area contributed by atoms with Gasteiger partial charge in [0.1, 0.15) is 15.6 Å². The third-order valence-electron chi connectivity index (χ3n) is 2.21. The van der Waals surface area contributed by atoms with Gasteiger partial charge in [-0.05, 0) is 44.6 Å². The summed E-state index contributed by atoms with van der Waals surface area (Å²) < 4.78 is 33.1. The van der Waals surface area contributed by atoms with Crippen LogP contribution in [0.25, 0.3) is 0 Å². The molecule has 1 rings (SSSR count). The molecule has 8 heteroatoms. The molecule has 0 unspecified atom stereocenters. The molecular formula is C25H70O5S3. The summed E-state index contributed by atoms with van der Waals surface area (Å²) in [6.07, 6.45) is 17.0. The molecule has 0 aromatic carbocycles. The number of carbonyl (C=O) groups excluding carboxylic acids is 1. The van der Waals surface area contributed by atoms with Crippen LogP contribution in [-0.4, -0.2) is 70.2 Å². The minimum atomic E-state index is -2.67. The lowest BCUT2D eigenvalue weighted by atomic mass is 9.78. The minimum Gasteiger partial charge on any atom is -0.388 e. The highest BCUT2D eigenvalue weighted by Gasteiger charge is 2.19. The fourth-order valence-electron chi connectivity index (χ4n) is 1.51. The van der Waals surface area contributed by atoms with Crippen LogP contribution in [0.1, 0.15) is 104 Å². The molecule has 0 saturated heterocycles. The van der Waals surface area contributed by atoms with Gasteiger partial charge in [0, 0.05) is 50.0 Å². The van der Waals surface area contributed by atoms with Crippen molar-refractivity contribution in [2.24, 2.45) is 5.41 Å². The zero-order valence-electron chi connectivity index (χ0n) is 19.8. The molecule has 0 spiro atoms. The van der Waals surface area contributed by atoms with Crippen molar-refractivity contribution in [3.8, 4) is 0 Å². The van der Waals surface area contributed by atoms with Crippen LogP contribution in [0.4, 0.5) is 0 Å². The second kappa shape index (κ2) is 49.3. The molecule has 33 heavy (non-hydrogen) atoms. The van der Waals surface area contributed by atoms with E-state index in [2.05, 4.69) is 18.6 Å². The van der Waals surface area contributed by atoms with Gasteiger partial charge in [-0.25, -0.2) is 8.42 Å². The lowest BCUT2D eigenvalue weighted by Gasteiger charge is -2.28. The summed E-state index contributed by atoms with van der Waals surface area (Å²) in [5, 5.41) is 0. The van der Waals surface area contributed by atoms with Crippen LogP contribution in [0.5, 0.6) is 0 Å². The molecule has 0 aromatic rings. The Balaban J connectivity index is -0.0000000196. The number of ether oxygens (including phenoxy) is 1. The fraction of sp³-hybridized carbons (Fsp3) is 0.960. The summed E-state index contributed by atoms with van der Waals surface area (Å²) in [5.74, 6) is 0.167. The van der Waals surface area contributed by atoms with E-state index in [1.807, 2.05) is 12.5 Å². The van der Waals surface area contributed by atoms with Crippen molar-refractivity contribution in [2.75, 3.05) is 51.8 Å². The molecule has 1 fully saturated rings. The Kier molecular flexibility index (Phi) is 104. The van der Waals surface area contributed by atoms with Gasteiger partial charge in [0.2, 0.25) is 0 Å². The van der Waals surface area contributed by atoms with Crippen molar-refractivity contribution < 1.29 is 22.2 Å². The zero-order chi connectivity index (χ0) is 23.1. The Bertz CT molecular complexity index is 384. The molecule has 1 aliphatic rings. The molecule has 0 bridgehead atoms. The van der Waals surface area contributed by atoms with Gasteiger partial charge in [-0.2, -0.15) is 11.8 Å². The average molecular weight is 547 g/mol. The second-order valence-corrected chi connectivity index (χ2v) is 11.9. The van der Waals surface area contributed by atoms with Gasteiger partial charge in [-0.3, -0.25) is 4.21 Å². The SMILES string of the molecule is C.C.C.C.C.C.CC(C)=O.CC1(C)CCCCC1.COC.CS(C)(=O)=O.CS(C)=O.CSC. The largest absolute Gasteiger partial charge is 0.388 e. The number of hydrogen-bond acceptors (Lipinski definition) is 6. The summed E-state index contributed by atoms with van der Waals surface area (Å²) in [5.41, 5.74) is 0.679. The number of sulfone groups is 1. The molecule has 5 nitrogen and oxygen atoms in total. The van der Waals surface area contributed by atoms with Crippen LogP contribution < -0.4 is 0 Å². The molecule has 0 aliphatic heterocycles. The highest BCUT2D eigenvalue weighted by Crippen LogP contribution is 2.34. The Morgan fingerprint density at radius 3 is 1.00 bits per heavy atom. The van der Waals surface area contributed by atoms with Crippen LogP contribution in [0.3, 0.4) is 0 Å². The standard InChI is InChI=1S/C8H16.C3H6O.C2H6O2S.C2H6OS.C2H6O.C2H6S.6CH4/c1-8(2)6-4-3-5-7-8;1-3(2)4;1-5(2,3)4;1-4(2)3;2*1-3-2;;;;;;/h3-7H2,1-2H3;1-2H3;1-2H3;1-2H3;2*1-2H3;6*1H4. The Hall–Kier alpha value is 0.0800. The summed E-state index contributed by atoms with van der Waals surface area (Å²) in [6.45, 7) is 7.82. The quantitative estimate of drug-likeness (QED) is 0.304. The van der Waals surface area contributed by atoms with Crippen molar-refractivity contribution in [1.82, 2.24) is 0 Å². The summed E-state index contributed by atoms with van der Waals surface area (Å²) in [6, 6.07) is 0. The summed E-state index contributed by atoms with van der Waals surface area (Å²) >= 11 is 1.75. The molecule has 0 radical (unpaired) electrons. The number of hydrogen-bond donors (Lipinski definition) is 0. The van der Waals surface area contributed by atoms with E-state index in [1.165, 1.54) is 46.0 Å². The molecule has 0 atom stereocenters. The first kappa shape index (κ1) is 69.8. The maximum absolute atomic E-state index is 9.63. The van der Waals surface area contributed by atoms with Crippen molar-refractivity contribution in [2.45, 2.75) is 104 Å². The summed E-state index contributed by atoms with van der Waals surface area (Å²) in [4.78, 5) is 9.44. The second-order valence-electron chi connectivity index (χ2n) is 7.33. The average Bonchev–Trinajstić information content (AvgIpc) is 2.36. The predicted octanol–water partition coefficient (Wildman–Crippen LogP) is 8.29. The third-order valence-corrected chi connectivity index (χ3v) is 2.21. The first-order valence-electron chi connectivity index (χ1n) is 8.68. The molecule has 0 heterocycles. The maximum atomic E-state index is 9.63. The predicted molar refractivity (Wildman–Crippen MR) is 167 cm³/mol. The van der Waals surface area contributed by atoms with E-state index in [0.717, 1.165) is 12.5 Å². The van der Waals surface area contributed by atoms with Crippen LogP contribution in [-0.2, 0) is 30.2 Å². The first-order chi connectivity index (χ1) is 12.0. The monoisotopic (exact) mass is 546 g/mol. The van der Waals surface area contributed by atoms with E-state index < -0.39 is 20.6 Å². The molecule has 1 saturated carbocycles. The van der Waals surface area contributed by atoms with Crippen LogP contribution >= 0.6 is 11.8 Å². The van der Waals surface area contributed by atoms with Crippen molar-refractivity contribution in [3.05, 3.63) is 0 Å². The molecule has 0 N–H and O–H groups in total. The Morgan fingerprint density at radius 1 is 0.818 bits per heavy atom. The third kappa shape index (κ3) is 286. The zero-order valence-corrected chi connectivity index (χ0v) is 22.3. The van der Waals surface area contributed by atoms with Gasteiger partial charge in [-0.15, -0.1) is 0 Å². The lowest BCUT2D eigenvalue weighted by Crippen LogP contribution is -2.14. The van der Waals surface area contributed by atoms with Crippen LogP contribution in [0.15, 0.2) is 0 Å². The van der Waals surface area contributed by atoms with E-state index in [9.17, 15) is 17.4 Å². The maximum Gasteiger partial charge on any atom is 0.144 e. The van der Waals surface area contributed by atoms with Crippen molar-refractivity contribution >= 4 is 38.2 Å². The van der Waals surface area contributed by atoms with Crippen LogP contribution in [0, 0.1) is 5.41 Å². The van der Waals surface area contributed by atoms with E-state index in [1.54, 1.807) is 38.5 Å². The van der Waals surface area contributed by atoms with E-state index >= 15 is 0 Å². The molecule has 0 aromatic heterocycles. The van der Waals surface area contributed by atoms with Crippen molar-refractivity contribution in [3.63, 3.8) is 0 Å². The molecule has 0 amide bonds. The highest BCUT2D eigenvalue weighted by molar-refractivity contribution is 7.97. The highest BCUT2D eigenvalue weighted by atomic mass is 32.2. The fourth-order valence-corrected chi connectivity index (χ4v) is 1.51. The van der Waals surface area contributed by atoms with E-state index in [-0.39, 0.29) is 50.3 Å². The first-order valence-corrected chi connectivity index (χ1v) is 14.6. The van der Waals surface area contributed by atoms with Crippen LogP contribution in [0.2, 0.25) is 0 Å². The number of thioether (sulfide) groups is 1. The number of ketones is 1. The Labute approximate surface area is 221 Å². The van der Waals surface area contributed by atoms with Gasteiger partial charge in [0.15, 0.2) is 0 Å². The Morgan fingerprint density at radius 2 is 0.939 bits per heavy atom. The number of methoxy groups -OCH3 is 1. The van der Waals surface area contributed by atoms with E-state index in [4.69, 9.17) is 0 Å². The van der Waals surface area contributed by atoms with Gasteiger partial charge < -0.3 is 9.53 Å². The molecule has 218 valence electrons. The molecular weight excluding hydrogens is 476 g/mol. The summed E-state index contributed by atoms with van der Waals surface area (Å²) in [7, 11) is -0.0278. The topological polar surface area (TPSA) is 77.5 Å². The minimum absolute atomic E-state index is 0. The smallest absolute Gasteiger partial charge is 0.144 e. The van der Waals surface area contributed by atoms with Crippen molar-refractivity contribution in [1.29, 1.82) is 0 Å². The van der Waals surface area contributed by atoms with Gasteiger partial charge >= 0.3 is 0 Å². The van der Waals surface area contributed by atoms with E-state index in [0.29, 0.717) is 5.41 Å². The van der Waals surface area contributed by atoms with Gasteiger partial charge in [0.05, 0.1) is 0 Å². The molecule has 1 aliphatic carbocycles. The number of carbonyl (C=O) groups is 1.